The maximum Gasteiger partial charge on any atom is 0.142 e. The lowest BCUT2D eigenvalue weighted by Gasteiger charge is -2.51. The van der Waals surface area contributed by atoms with Crippen LogP contribution in [0.15, 0.2) is 18.2 Å². The summed E-state index contributed by atoms with van der Waals surface area (Å²) in [7, 11) is 1.77. The van der Waals surface area contributed by atoms with Crippen LogP contribution >= 0.6 is 0 Å². The van der Waals surface area contributed by atoms with Crippen molar-refractivity contribution >= 4 is 5.69 Å². The molecule has 1 aromatic rings. The van der Waals surface area contributed by atoms with E-state index in [1.807, 2.05) is 0 Å². The Morgan fingerprint density at radius 2 is 1.86 bits per heavy atom. The third-order valence-corrected chi connectivity index (χ3v) is 4.92. The number of rotatable bonds is 2. The van der Waals surface area contributed by atoms with E-state index in [1.165, 1.54) is 36.9 Å². The zero-order valence-corrected chi connectivity index (χ0v) is 13.8. The van der Waals surface area contributed by atoms with E-state index in [2.05, 4.69) is 49.2 Å². The predicted molar refractivity (Wildman–Crippen MR) is 88.4 cm³/mol. The number of piperazine rings is 1. The highest BCUT2D eigenvalue weighted by Gasteiger charge is 2.44. The van der Waals surface area contributed by atoms with Crippen molar-refractivity contribution in [1.29, 1.82) is 0 Å². The number of nitrogens with one attached hydrogen (secondary N) is 1. The first kappa shape index (κ1) is 14.7. The Bertz CT molecular complexity index is 518. The molecule has 1 saturated heterocycles. The summed E-state index contributed by atoms with van der Waals surface area (Å²) in [5.41, 5.74) is 2.97. The van der Waals surface area contributed by atoms with Gasteiger partial charge in [0.2, 0.25) is 0 Å². The summed E-state index contributed by atoms with van der Waals surface area (Å²) in [5.74, 6) is 0.992. The molecule has 116 valence electrons. The van der Waals surface area contributed by atoms with Crippen molar-refractivity contribution in [2.24, 2.45) is 0 Å². The Kier molecular flexibility index (Phi) is 3.64. The molecule has 1 aliphatic heterocycles. The summed E-state index contributed by atoms with van der Waals surface area (Å²) < 4.78 is 5.61. The Morgan fingerprint density at radius 1 is 1.14 bits per heavy atom. The molecule has 3 nitrogen and oxygen atoms in total. The van der Waals surface area contributed by atoms with Gasteiger partial charge in [-0.1, -0.05) is 18.9 Å². The zero-order valence-electron chi connectivity index (χ0n) is 13.8. The van der Waals surface area contributed by atoms with Gasteiger partial charge in [0.25, 0.3) is 0 Å². The molecule has 0 radical (unpaired) electrons. The van der Waals surface area contributed by atoms with Crippen molar-refractivity contribution in [3.05, 3.63) is 23.8 Å². The maximum absolute atomic E-state index is 5.61. The van der Waals surface area contributed by atoms with Gasteiger partial charge in [-0.25, -0.2) is 0 Å². The summed E-state index contributed by atoms with van der Waals surface area (Å²) in [4.78, 5) is 2.54. The van der Waals surface area contributed by atoms with Gasteiger partial charge in [-0.15, -0.1) is 0 Å². The molecule has 1 aliphatic carbocycles. The van der Waals surface area contributed by atoms with E-state index >= 15 is 0 Å². The summed E-state index contributed by atoms with van der Waals surface area (Å²) in [6, 6.07) is 6.49. The van der Waals surface area contributed by atoms with Gasteiger partial charge >= 0.3 is 0 Å². The van der Waals surface area contributed by atoms with Crippen LogP contribution in [0.2, 0.25) is 0 Å². The number of nitrogens with zero attached hydrogens (tertiary/aromatic N) is 1. The third kappa shape index (κ3) is 2.89. The van der Waals surface area contributed by atoms with Crippen LogP contribution in [0.25, 0.3) is 0 Å². The lowest BCUT2D eigenvalue weighted by Crippen LogP contribution is -2.68. The maximum atomic E-state index is 5.61. The van der Waals surface area contributed by atoms with Gasteiger partial charge in [0, 0.05) is 24.2 Å². The largest absolute Gasteiger partial charge is 0.495 e. The third-order valence-electron chi connectivity index (χ3n) is 4.92. The standard InChI is InChI=1S/C18H28N2O/c1-14-7-8-16(21-4)15(11-14)20-12-17(2,3)19-18(13-20)9-5-6-10-18/h7-8,11,19H,5-6,9-10,12-13H2,1-4H3. The molecule has 0 aromatic heterocycles. The fraction of sp³-hybridized carbons (Fsp3) is 0.667. The van der Waals surface area contributed by atoms with Crippen LogP contribution in [0.5, 0.6) is 5.75 Å². The second-order valence-corrected chi connectivity index (χ2v) is 7.53. The molecule has 2 fully saturated rings. The number of hydrogen-bond donors (Lipinski definition) is 1. The number of aryl methyl sites for hydroxylation is 1. The molecule has 3 rings (SSSR count). The van der Waals surface area contributed by atoms with Crippen molar-refractivity contribution in [3.63, 3.8) is 0 Å². The van der Waals surface area contributed by atoms with Crippen LogP contribution in [0.4, 0.5) is 5.69 Å². The quantitative estimate of drug-likeness (QED) is 0.901. The fourth-order valence-corrected chi connectivity index (χ4v) is 4.25. The number of ether oxygens (including phenoxy) is 1. The molecule has 0 atom stereocenters. The van der Waals surface area contributed by atoms with E-state index in [4.69, 9.17) is 4.74 Å². The van der Waals surface area contributed by atoms with Gasteiger partial charge < -0.3 is 15.0 Å². The smallest absolute Gasteiger partial charge is 0.142 e. The Hall–Kier alpha value is -1.22. The van der Waals surface area contributed by atoms with E-state index < -0.39 is 0 Å². The summed E-state index contributed by atoms with van der Waals surface area (Å²) >= 11 is 0. The van der Waals surface area contributed by atoms with Crippen LogP contribution in [-0.4, -0.2) is 31.3 Å². The Labute approximate surface area is 128 Å². The lowest BCUT2D eigenvalue weighted by molar-refractivity contribution is 0.197. The van der Waals surface area contributed by atoms with Gasteiger partial charge in [0.15, 0.2) is 0 Å². The second kappa shape index (κ2) is 5.20. The van der Waals surface area contributed by atoms with Crippen molar-refractivity contribution in [2.45, 2.75) is 57.5 Å². The Balaban J connectivity index is 1.95. The monoisotopic (exact) mass is 288 g/mol. The minimum Gasteiger partial charge on any atom is -0.495 e. The molecule has 2 aliphatic rings. The number of methoxy groups -OCH3 is 1. The van der Waals surface area contributed by atoms with E-state index in [-0.39, 0.29) is 11.1 Å². The van der Waals surface area contributed by atoms with Crippen LogP contribution in [-0.2, 0) is 0 Å². The normalized spacial score (nSPS) is 23.5. The molecule has 1 spiro atoms. The summed E-state index contributed by atoms with van der Waals surface area (Å²) in [6.07, 6.45) is 5.28. The zero-order chi connectivity index (χ0) is 15.1. The average Bonchev–Trinajstić information content (AvgIpc) is 2.84. The van der Waals surface area contributed by atoms with E-state index in [0.29, 0.717) is 0 Å². The second-order valence-electron chi connectivity index (χ2n) is 7.53. The number of hydrogen-bond acceptors (Lipinski definition) is 3. The van der Waals surface area contributed by atoms with Gasteiger partial charge in [-0.2, -0.15) is 0 Å². The number of anilines is 1. The van der Waals surface area contributed by atoms with Crippen LogP contribution in [0.3, 0.4) is 0 Å². The molecule has 1 heterocycles. The van der Waals surface area contributed by atoms with Crippen molar-refractivity contribution in [3.8, 4) is 5.75 Å². The van der Waals surface area contributed by atoms with Gasteiger partial charge in [-0.3, -0.25) is 0 Å². The van der Waals surface area contributed by atoms with Crippen molar-refractivity contribution in [2.75, 3.05) is 25.1 Å². The SMILES string of the molecule is COc1ccc(C)cc1N1CC(C)(C)NC2(CCCC2)C1. The van der Waals surface area contributed by atoms with Crippen LogP contribution in [0.1, 0.15) is 45.1 Å². The fourth-order valence-electron chi connectivity index (χ4n) is 4.25. The van der Waals surface area contributed by atoms with Crippen LogP contribution in [0, 0.1) is 6.92 Å². The van der Waals surface area contributed by atoms with Gasteiger partial charge in [0.05, 0.1) is 12.8 Å². The van der Waals surface area contributed by atoms with Crippen molar-refractivity contribution in [1.82, 2.24) is 5.32 Å². The summed E-state index contributed by atoms with van der Waals surface area (Å²) in [5, 5.41) is 3.94. The van der Waals surface area contributed by atoms with E-state index in [1.54, 1.807) is 7.11 Å². The molecule has 0 bridgehead atoms. The predicted octanol–water partition coefficient (Wildman–Crippen LogP) is 3.50. The number of benzene rings is 1. The summed E-state index contributed by atoms with van der Waals surface area (Å²) in [6.45, 7) is 8.91. The van der Waals surface area contributed by atoms with Gasteiger partial charge in [-0.05, 0) is 51.3 Å². The average molecular weight is 288 g/mol. The molecule has 1 saturated carbocycles. The molecule has 0 amide bonds. The highest BCUT2D eigenvalue weighted by atomic mass is 16.5. The highest BCUT2D eigenvalue weighted by molar-refractivity contribution is 5.61. The first-order valence-corrected chi connectivity index (χ1v) is 8.12. The Morgan fingerprint density at radius 3 is 2.52 bits per heavy atom. The molecule has 1 N–H and O–H groups in total. The van der Waals surface area contributed by atoms with Gasteiger partial charge in [0.1, 0.15) is 5.75 Å². The topological polar surface area (TPSA) is 24.5 Å². The first-order chi connectivity index (χ1) is 9.93. The highest BCUT2D eigenvalue weighted by Crippen LogP contribution is 2.39. The molecule has 21 heavy (non-hydrogen) atoms. The van der Waals surface area contributed by atoms with E-state index in [9.17, 15) is 0 Å². The van der Waals surface area contributed by atoms with E-state index in [0.717, 1.165) is 18.8 Å². The minimum absolute atomic E-state index is 0.136. The van der Waals surface area contributed by atoms with Crippen LogP contribution < -0.4 is 15.0 Å². The molecular formula is C18H28N2O. The lowest BCUT2D eigenvalue weighted by atomic mass is 9.86. The first-order valence-electron chi connectivity index (χ1n) is 8.12. The molecule has 3 heteroatoms. The molecule has 1 aromatic carbocycles. The minimum atomic E-state index is 0.136. The van der Waals surface area contributed by atoms with Crippen molar-refractivity contribution < 1.29 is 4.74 Å². The molecular weight excluding hydrogens is 260 g/mol. The molecule has 0 unspecified atom stereocenters.